The van der Waals surface area contributed by atoms with Crippen LogP contribution in [0.5, 0.6) is 0 Å². The van der Waals surface area contributed by atoms with E-state index in [0.717, 1.165) is 18.2 Å². The van der Waals surface area contributed by atoms with Crippen LogP contribution in [0.4, 0.5) is 11.4 Å². The van der Waals surface area contributed by atoms with Crippen LogP contribution < -0.4 is 5.73 Å². The highest BCUT2D eigenvalue weighted by Crippen LogP contribution is 2.30. The van der Waals surface area contributed by atoms with Crippen molar-refractivity contribution in [2.45, 2.75) is 9.79 Å². The molecule has 0 aromatic heterocycles. The van der Waals surface area contributed by atoms with Gasteiger partial charge in [0.2, 0.25) is 9.84 Å². The van der Waals surface area contributed by atoms with Gasteiger partial charge in [-0.2, -0.15) is 0 Å². The Balaban J connectivity index is 2.55. The van der Waals surface area contributed by atoms with Crippen LogP contribution in [0.3, 0.4) is 0 Å². The lowest BCUT2D eigenvalue weighted by Gasteiger charge is -2.06. The number of benzene rings is 2. The van der Waals surface area contributed by atoms with Crippen LogP contribution in [0.2, 0.25) is 5.02 Å². The van der Waals surface area contributed by atoms with Crippen LogP contribution in [-0.2, 0) is 9.84 Å². The van der Waals surface area contributed by atoms with E-state index in [-0.39, 0.29) is 20.5 Å². The molecule has 0 bridgehead atoms. The summed E-state index contributed by atoms with van der Waals surface area (Å²) in [5.41, 5.74) is 5.65. The lowest BCUT2D eigenvalue weighted by atomic mass is 10.3. The van der Waals surface area contributed by atoms with E-state index in [1.54, 1.807) is 0 Å². The lowest BCUT2D eigenvalue weighted by Crippen LogP contribution is -2.03. The van der Waals surface area contributed by atoms with Gasteiger partial charge in [0.15, 0.2) is 0 Å². The number of hydrogen-bond donors (Lipinski definition) is 1. The van der Waals surface area contributed by atoms with Crippen molar-refractivity contribution < 1.29 is 13.3 Å². The van der Waals surface area contributed by atoms with Gasteiger partial charge in [0.1, 0.15) is 0 Å². The summed E-state index contributed by atoms with van der Waals surface area (Å²) in [5.74, 6) is 0. The number of halogens is 1. The van der Waals surface area contributed by atoms with Crippen LogP contribution in [0.25, 0.3) is 0 Å². The van der Waals surface area contributed by atoms with E-state index in [2.05, 4.69) is 0 Å². The van der Waals surface area contributed by atoms with Gasteiger partial charge in [0.25, 0.3) is 5.69 Å². The molecular weight excluding hydrogens is 304 g/mol. The molecule has 6 nitrogen and oxygen atoms in total. The van der Waals surface area contributed by atoms with Crippen molar-refractivity contribution in [2.75, 3.05) is 5.73 Å². The van der Waals surface area contributed by atoms with Crippen LogP contribution in [0.15, 0.2) is 52.3 Å². The molecule has 8 heteroatoms. The number of nitro benzene ring substituents is 1. The number of nitrogens with two attached hydrogens (primary N) is 1. The normalized spacial score (nSPS) is 11.2. The summed E-state index contributed by atoms with van der Waals surface area (Å²) in [6, 6.07) is 8.82. The summed E-state index contributed by atoms with van der Waals surface area (Å²) in [6.07, 6.45) is 0. The van der Waals surface area contributed by atoms with Gasteiger partial charge in [-0.1, -0.05) is 11.6 Å². The number of hydrogen-bond acceptors (Lipinski definition) is 5. The molecule has 0 saturated carbocycles. The molecule has 0 saturated heterocycles. The van der Waals surface area contributed by atoms with Crippen molar-refractivity contribution in [2.24, 2.45) is 0 Å². The maximum atomic E-state index is 12.4. The fourth-order valence-electron chi connectivity index (χ4n) is 1.60. The Morgan fingerprint density at radius 1 is 1.10 bits per heavy atom. The van der Waals surface area contributed by atoms with Gasteiger partial charge < -0.3 is 5.73 Å². The Morgan fingerprint density at radius 3 is 2.20 bits per heavy atom. The number of sulfone groups is 1. The van der Waals surface area contributed by atoms with Crippen LogP contribution in [0.1, 0.15) is 0 Å². The van der Waals surface area contributed by atoms with E-state index in [9.17, 15) is 18.5 Å². The Kier molecular flexibility index (Phi) is 3.65. The van der Waals surface area contributed by atoms with Crippen molar-refractivity contribution in [1.82, 2.24) is 0 Å². The maximum absolute atomic E-state index is 12.4. The molecule has 0 spiro atoms. The first-order valence-corrected chi connectivity index (χ1v) is 7.23. The van der Waals surface area contributed by atoms with Gasteiger partial charge in [-0.05, 0) is 30.3 Å². The molecule has 2 N–H and O–H groups in total. The average Bonchev–Trinajstić information content (AvgIpc) is 2.38. The first-order valence-electron chi connectivity index (χ1n) is 5.37. The fraction of sp³-hybridized carbons (Fsp3) is 0. The van der Waals surface area contributed by atoms with Gasteiger partial charge in [-0.3, -0.25) is 10.1 Å². The molecule has 0 aliphatic heterocycles. The molecular formula is C12H9ClN2O4S. The monoisotopic (exact) mass is 312 g/mol. The zero-order chi connectivity index (χ0) is 14.9. The molecule has 104 valence electrons. The van der Waals surface area contributed by atoms with Crippen molar-refractivity contribution in [3.05, 3.63) is 57.6 Å². The zero-order valence-corrected chi connectivity index (χ0v) is 11.6. The molecule has 0 radical (unpaired) electrons. The number of rotatable bonds is 3. The van der Waals surface area contributed by atoms with E-state index in [1.807, 2.05) is 0 Å². The third-order valence-corrected chi connectivity index (χ3v) is 4.86. The molecule has 0 aliphatic rings. The van der Waals surface area contributed by atoms with Crippen molar-refractivity contribution in [3.63, 3.8) is 0 Å². The van der Waals surface area contributed by atoms with Crippen LogP contribution in [0, 0.1) is 10.1 Å². The summed E-state index contributed by atoms with van der Waals surface area (Å²) in [4.78, 5) is 9.79. The SMILES string of the molecule is Nc1ccc(S(=O)(=O)c2ccc([N+](=O)[O-])cc2Cl)cc1. The number of non-ortho nitro benzene ring substituents is 1. The van der Waals surface area contributed by atoms with Crippen molar-refractivity contribution in [1.29, 1.82) is 0 Å². The number of nitro groups is 1. The number of nitrogen functional groups attached to an aromatic ring is 1. The Morgan fingerprint density at radius 2 is 1.70 bits per heavy atom. The Labute approximate surface area is 119 Å². The van der Waals surface area contributed by atoms with E-state index >= 15 is 0 Å². The predicted molar refractivity (Wildman–Crippen MR) is 74.4 cm³/mol. The molecule has 0 aliphatic carbocycles. The van der Waals surface area contributed by atoms with Crippen LogP contribution >= 0.6 is 11.6 Å². The van der Waals surface area contributed by atoms with Crippen molar-refractivity contribution >= 4 is 32.8 Å². The molecule has 0 atom stereocenters. The molecule has 2 aromatic carbocycles. The minimum atomic E-state index is -3.84. The van der Waals surface area contributed by atoms with Gasteiger partial charge >= 0.3 is 0 Å². The second kappa shape index (κ2) is 5.10. The molecule has 0 heterocycles. The largest absolute Gasteiger partial charge is 0.399 e. The van der Waals surface area contributed by atoms with E-state index in [1.165, 1.54) is 24.3 Å². The zero-order valence-electron chi connectivity index (χ0n) is 9.99. The predicted octanol–water partition coefficient (Wildman–Crippen LogP) is 2.66. The highest BCUT2D eigenvalue weighted by molar-refractivity contribution is 7.91. The molecule has 0 unspecified atom stereocenters. The second-order valence-electron chi connectivity index (χ2n) is 3.94. The minimum Gasteiger partial charge on any atom is -0.399 e. The average molecular weight is 313 g/mol. The third-order valence-electron chi connectivity index (χ3n) is 2.61. The van der Waals surface area contributed by atoms with Crippen molar-refractivity contribution in [3.8, 4) is 0 Å². The highest BCUT2D eigenvalue weighted by Gasteiger charge is 2.22. The molecule has 2 rings (SSSR count). The molecule has 0 fully saturated rings. The maximum Gasteiger partial charge on any atom is 0.271 e. The Bertz CT molecular complexity index is 773. The second-order valence-corrected chi connectivity index (χ2v) is 6.27. The summed E-state index contributed by atoms with van der Waals surface area (Å²) < 4.78 is 24.7. The Hall–Kier alpha value is -2.12. The quantitative estimate of drug-likeness (QED) is 0.533. The topological polar surface area (TPSA) is 103 Å². The standard InChI is InChI=1S/C12H9ClN2O4S/c13-11-7-9(15(16)17)3-6-12(11)20(18,19)10-4-1-8(14)2-5-10/h1-7H,14H2. The lowest BCUT2D eigenvalue weighted by molar-refractivity contribution is -0.384. The van der Waals surface area contributed by atoms with Crippen LogP contribution in [-0.4, -0.2) is 13.3 Å². The fourth-order valence-corrected chi connectivity index (χ4v) is 3.39. The summed E-state index contributed by atoms with van der Waals surface area (Å²) >= 11 is 5.83. The number of nitrogens with zero attached hydrogens (tertiary/aromatic N) is 1. The molecule has 2 aromatic rings. The smallest absolute Gasteiger partial charge is 0.271 e. The third kappa shape index (κ3) is 2.59. The number of anilines is 1. The minimum absolute atomic E-state index is 0.0162. The first-order chi connectivity index (χ1) is 9.32. The summed E-state index contributed by atoms with van der Waals surface area (Å²) in [5, 5.41) is 10.4. The van der Waals surface area contributed by atoms with Gasteiger partial charge in [-0.25, -0.2) is 8.42 Å². The first kappa shape index (κ1) is 14.3. The van der Waals surface area contributed by atoms with Gasteiger partial charge in [0.05, 0.1) is 19.7 Å². The van der Waals surface area contributed by atoms with Gasteiger partial charge in [0, 0.05) is 17.8 Å². The molecule has 0 amide bonds. The van der Waals surface area contributed by atoms with E-state index in [4.69, 9.17) is 17.3 Å². The van der Waals surface area contributed by atoms with Gasteiger partial charge in [-0.15, -0.1) is 0 Å². The molecule has 20 heavy (non-hydrogen) atoms. The highest BCUT2D eigenvalue weighted by atomic mass is 35.5. The summed E-state index contributed by atoms with van der Waals surface area (Å²) in [6.45, 7) is 0. The van der Waals surface area contributed by atoms with E-state index in [0.29, 0.717) is 5.69 Å². The van der Waals surface area contributed by atoms with E-state index < -0.39 is 14.8 Å². The summed E-state index contributed by atoms with van der Waals surface area (Å²) in [7, 11) is -3.84.